The maximum absolute atomic E-state index is 9.64. The van der Waals surface area contributed by atoms with E-state index in [4.69, 9.17) is 9.47 Å². The molecule has 2 aliphatic rings. The van der Waals surface area contributed by atoms with E-state index in [0.717, 1.165) is 36.6 Å². The van der Waals surface area contributed by atoms with Gasteiger partial charge in [-0.15, -0.1) is 0 Å². The summed E-state index contributed by atoms with van der Waals surface area (Å²) in [5, 5.41) is 9.64. The van der Waals surface area contributed by atoms with Crippen LogP contribution in [0.4, 0.5) is 0 Å². The van der Waals surface area contributed by atoms with Gasteiger partial charge in [-0.2, -0.15) is 5.26 Å². The van der Waals surface area contributed by atoms with E-state index in [9.17, 15) is 5.26 Å². The van der Waals surface area contributed by atoms with E-state index in [1.165, 1.54) is 19.3 Å². The normalized spacial score (nSPS) is 21.2. The molecule has 20 heavy (non-hydrogen) atoms. The lowest BCUT2D eigenvalue weighted by atomic mass is 9.90. The van der Waals surface area contributed by atoms with Crippen LogP contribution >= 0.6 is 0 Å². The van der Waals surface area contributed by atoms with Gasteiger partial charge < -0.3 is 9.47 Å². The van der Waals surface area contributed by atoms with Crippen molar-refractivity contribution in [3.63, 3.8) is 0 Å². The Balaban J connectivity index is 1.78. The van der Waals surface area contributed by atoms with Crippen LogP contribution < -0.4 is 9.47 Å². The van der Waals surface area contributed by atoms with E-state index in [0.29, 0.717) is 6.79 Å². The van der Waals surface area contributed by atoms with Gasteiger partial charge in [0.25, 0.3) is 0 Å². The van der Waals surface area contributed by atoms with E-state index in [1.54, 1.807) is 0 Å². The first-order chi connectivity index (χ1) is 9.71. The lowest BCUT2D eigenvalue weighted by Gasteiger charge is -2.38. The highest BCUT2D eigenvalue weighted by Crippen LogP contribution is 2.34. The Bertz CT molecular complexity index is 532. The maximum Gasteiger partial charge on any atom is 0.231 e. The second kappa shape index (κ2) is 5.34. The molecule has 0 amide bonds. The van der Waals surface area contributed by atoms with E-state index in [2.05, 4.69) is 11.0 Å². The second-order valence-electron chi connectivity index (χ2n) is 5.80. The van der Waals surface area contributed by atoms with Crippen LogP contribution in [0.5, 0.6) is 11.5 Å². The molecule has 0 aromatic heterocycles. The molecule has 0 spiro atoms. The average molecular weight is 272 g/mol. The summed E-state index contributed by atoms with van der Waals surface area (Å²) in [6, 6.07) is 8.49. The van der Waals surface area contributed by atoms with Crippen LogP contribution in [0.1, 0.15) is 31.7 Å². The Hall–Kier alpha value is -1.73. The van der Waals surface area contributed by atoms with Gasteiger partial charge in [-0.25, -0.2) is 0 Å². The molecule has 1 unspecified atom stereocenters. The third-order valence-electron chi connectivity index (χ3n) is 4.28. The molecule has 1 atom stereocenters. The summed E-state index contributed by atoms with van der Waals surface area (Å²) in [6.07, 6.45) is 4.39. The lowest BCUT2D eigenvalue weighted by molar-refractivity contribution is 0.124. The number of nitrogens with zero attached hydrogens (tertiary/aromatic N) is 2. The summed E-state index contributed by atoms with van der Waals surface area (Å²) in [7, 11) is 0. The predicted octanol–water partition coefficient (Wildman–Crippen LogP) is 2.73. The molecule has 4 heteroatoms. The zero-order valence-corrected chi connectivity index (χ0v) is 11.9. The molecule has 106 valence electrons. The number of ether oxygens (including phenoxy) is 2. The van der Waals surface area contributed by atoms with Gasteiger partial charge in [-0.1, -0.05) is 12.5 Å². The van der Waals surface area contributed by atoms with E-state index in [1.807, 2.05) is 25.1 Å². The molecule has 4 nitrogen and oxygen atoms in total. The van der Waals surface area contributed by atoms with Gasteiger partial charge >= 0.3 is 0 Å². The number of hydrogen-bond donors (Lipinski definition) is 0. The Morgan fingerprint density at radius 1 is 1.20 bits per heavy atom. The number of nitriles is 1. The quantitative estimate of drug-likeness (QED) is 0.848. The Labute approximate surface area is 119 Å². The molecule has 0 saturated carbocycles. The van der Waals surface area contributed by atoms with Crippen LogP contribution in [0.25, 0.3) is 0 Å². The first-order valence-electron chi connectivity index (χ1n) is 7.26. The molecule has 1 fully saturated rings. The number of likely N-dealkylation sites (tertiary alicyclic amines) is 1. The third kappa shape index (κ3) is 2.46. The minimum Gasteiger partial charge on any atom is -0.454 e. The molecule has 1 saturated heterocycles. The number of rotatable bonds is 3. The van der Waals surface area contributed by atoms with Gasteiger partial charge in [0.05, 0.1) is 6.07 Å². The van der Waals surface area contributed by atoms with Gasteiger partial charge in [-0.3, -0.25) is 4.90 Å². The maximum atomic E-state index is 9.64. The molecular formula is C16H20N2O2. The van der Waals surface area contributed by atoms with E-state index in [-0.39, 0.29) is 0 Å². The summed E-state index contributed by atoms with van der Waals surface area (Å²) in [5.41, 5.74) is 0.692. The smallest absolute Gasteiger partial charge is 0.231 e. The largest absolute Gasteiger partial charge is 0.454 e. The topological polar surface area (TPSA) is 45.5 Å². The summed E-state index contributed by atoms with van der Waals surface area (Å²) in [6.45, 7) is 4.38. The summed E-state index contributed by atoms with van der Waals surface area (Å²) < 4.78 is 10.7. The van der Waals surface area contributed by atoms with Crippen molar-refractivity contribution in [3.8, 4) is 17.6 Å². The highest BCUT2D eigenvalue weighted by molar-refractivity contribution is 5.45. The zero-order valence-electron chi connectivity index (χ0n) is 11.9. The van der Waals surface area contributed by atoms with Crippen LogP contribution in [-0.2, 0) is 6.42 Å². The standard InChI is InChI=1S/C16H20N2O2/c1-16(11-17,18-7-3-2-4-8-18)10-13-5-6-14-15(9-13)20-12-19-14/h5-6,9H,2-4,7-8,10,12H2,1H3. The third-order valence-corrected chi connectivity index (χ3v) is 4.28. The van der Waals surface area contributed by atoms with Crippen molar-refractivity contribution in [2.24, 2.45) is 0 Å². The fourth-order valence-electron chi connectivity index (χ4n) is 3.06. The molecule has 2 aliphatic heterocycles. The number of benzene rings is 1. The lowest BCUT2D eigenvalue weighted by Crippen LogP contribution is -2.49. The molecule has 0 N–H and O–H groups in total. The van der Waals surface area contributed by atoms with Crippen LogP contribution in [0.15, 0.2) is 18.2 Å². The van der Waals surface area contributed by atoms with E-state index >= 15 is 0 Å². The summed E-state index contributed by atoms with van der Waals surface area (Å²) >= 11 is 0. The first kappa shape index (κ1) is 13.3. The fourth-order valence-corrected chi connectivity index (χ4v) is 3.06. The van der Waals surface area contributed by atoms with Crippen molar-refractivity contribution < 1.29 is 9.47 Å². The molecular weight excluding hydrogens is 252 g/mol. The van der Waals surface area contributed by atoms with Crippen LogP contribution in [0.2, 0.25) is 0 Å². The summed E-state index contributed by atoms with van der Waals surface area (Å²) in [4.78, 5) is 2.32. The highest BCUT2D eigenvalue weighted by atomic mass is 16.7. The minimum atomic E-state index is -0.436. The monoisotopic (exact) mass is 272 g/mol. The Kier molecular flexibility index (Phi) is 3.54. The van der Waals surface area contributed by atoms with E-state index < -0.39 is 5.54 Å². The van der Waals surface area contributed by atoms with Gasteiger partial charge in [0, 0.05) is 6.42 Å². The molecule has 1 aromatic rings. The fraction of sp³-hybridized carbons (Fsp3) is 0.562. The molecule has 2 heterocycles. The van der Waals surface area contributed by atoms with Crippen molar-refractivity contribution in [1.82, 2.24) is 4.90 Å². The van der Waals surface area contributed by atoms with Gasteiger partial charge in [0.2, 0.25) is 6.79 Å². The zero-order chi connectivity index (χ0) is 14.0. The van der Waals surface area contributed by atoms with Crippen LogP contribution in [-0.4, -0.2) is 30.3 Å². The second-order valence-corrected chi connectivity index (χ2v) is 5.80. The molecule has 0 aliphatic carbocycles. The van der Waals surface area contributed by atoms with Crippen molar-refractivity contribution in [1.29, 1.82) is 5.26 Å². The van der Waals surface area contributed by atoms with Crippen molar-refractivity contribution in [3.05, 3.63) is 23.8 Å². The number of hydrogen-bond acceptors (Lipinski definition) is 4. The SMILES string of the molecule is CC(C#N)(Cc1ccc2c(c1)OCO2)N1CCCCC1. The average Bonchev–Trinajstić information content (AvgIpc) is 2.95. The molecule has 0 bridgehead atoms. The van der Waals surface area contributed by atoms with Gasteiger partial charge in [0.15, 0.2) is 11.5 Å². The summed E-state index contributed by atoms with van der Waals surface area (Å²) in [5.74, 6) is 1.59. The first-order valence-corrected chi connectivity index (χ1v) is 7.26. The number of piperidine rings is 1. The predicted molar refractivity (Wildman–Crippen MR) is 75.7 cm³/mol. The van der Waals surface area contributed by atoms with Crippen molar-refractivity contribution in [2.45, 2.75) is 38.1 Å². The highest BCUT2D eigenvalue weighted by Gasteiger charge is 2.33. The molecule has 1 aromatic carbocycles. The molecule has 3 rings (SSSR count). The minimum absolute atomic E-state index is 0.292. The molecule has 0 radical (unpaired) electrons. The Morgan fingerprint density at radius 2 is 1.95 bits per heavy atom. The van der Waals surface area contributed by atoms with Crippen LogP contribution in [0.3, 0.4) is 0 Å². The Morgan fingerprint density at radius 3 is 2.70 bits per heavy atom. The van der Waals surface area contributed by atoms with Crippen LogP contribution in [0, 0.1) is 11.3 Å². The van der Waals surface area contributed by atoms with Crippen molar-refractivity contribution in [2.75, 3.05) is 19.9 Å². The number of fused-ring (bicyclic) bond motifs is 1. The van der Waals surface area contributed by atoms with Gasteiger partial charge in [0.1, 0.15) is 5.54 Å². The van der Waals surface area contributed by atoms with Gasteiger partial charge in [-0.05, 0) is 50.6 Å². The van der Waals surface area contributed by atoms with Crippen molar-refractivity contribution >= 4 is 0 Å².